The number of benzene rings is 8. The molecule has 9 rings (SSSR count). The van der Waals surface area contributed by atoms with Crippen molar-refractivity contribution in [3.63, 3.8) is 0 Å². The molecule has 0 fully saturated rings. The van der Waals surface area contributed by atoms with Crippen LogP contribution < -0.4 is 59.2 Å². The normalized spacial score (nSPS) is 11.1. The number of carbonyl (C=O) groups excluding carboxylic acids is 5. The Morgan fingerprint density at radius 3 is 1.38 bits per heavy atom. The van der Waals surface area contributed by atoms with Crippen LogP contribution in [0.1, 0.15) is 47.8 Å². The number of fused-ring (bicyclic) bond motifs is 2. The summed E-state index contributed by atoms with van der Waals surface area (Å²) in [5, 5.41) is 24.9. The topological polar surface area (TPSA) is 445 Å². The van der Waals surface area contributed by atoms with E-state index in [0.717, 1.165) is 46.3 Å². The van der Waals surface area contributed by atoms with Gasteiger partial charge in [0.1, 0.15) is 28.9 Å². The van der Waals surface area contributed by atoms with E-state index in [-0.39, 0.29) is 48.3 Å². The Labute approximate surface area is 504 Å². The van der Waals surface area contributed by atoms with Gasteiger partial charge in [0.05, 0.1) is 47.3 Å². The predicted molar refractivity (Wildman–Crippen MR) is 336 cm³/mol. The van der Waals surface area contributed by atoms with E-state index in [2.05, 4.69) is 25.6 Å². The average Bonchev–Trinajstić information content (AvgIpc) is 2.28. The first-order valence-electron chi connectivity index (χ1n) is 26.1. The molecule has 1 aliphatic rings. The fourth-order valence-electron chi connectivity index (χ4n) is 7.57. The Bertz CT molecular complexity index is 4090. The number of likely N-dealkylation sites (N-methyl/N-ethyl adjacent to an activating group) is 1. The lowest BCUT2D eigenvalue weighted by molar-refractivity contribution is -0.150. The van der Waals surface area contributed by atoms with Crippen LogP contribution in [0.15, 0.2) is 185 Å². The van der Waals surface area contributed by atoms with Gasteiger partial charge < -0.3 is 68.9 Å². The van der Waals surface area contributed by atoms with E-state index in [9.17, 15) is 32.4 Å². The number of ether oxygens (including phenoxy) is 4. The zero-order chi connectivity index (χ0) is 64.1. The zero-order valence-corrected chi connectivity index (χ0v) is 48.4. The molecule has 1 heterocycles. The lowest BCUT2D eigenvalue weighted by Crippen LogP contribution is -2.27. The van der Waals surface area contributed by atoms with E-state index < -0.39 is 34.0 Å². The minimum Gasteiger partial charge on any atom is -0.455 e. The SMILES string of the molecule is CN(C)C(=O)COC(=O)Cc1cccc(OC(=O)c2ccc(N=C(N)N)cc2)c1.CS(=O)(=O)O.N=C(N)c1ccc2cc(OC(=O)c3ccc(N=C(N)N)cc3)ccc2c1.N=C(N)c1ccc2cc(OC(=O)c3ccc(NC4=NCCN4)cc3)ccc2c1. The number of nitrogens with two attached hydrogens (primary N) is 6. The maximum Gasteiger partial charge on any atom is 0.343 e. The largest absolute Gasteiger partial charge is 0.455 e. The molecule has 17 N–H and O–H groups in total. The third kappa shape index (κ3) is 21.5. The summed E-state index contributed by atoms with van der Waals surface area (Å²) in [6.45, 7) is 1.26. The lowest BCUT2D eigenvalue weighted by Gasteiger charge is -2.10. The highest BCUT2D eigenvalue weighted by molar-refractivity contribution is 7.85. The fourth-order valence-corrected chi connectivity index (χ4v) is 7.57. The highest BCUT2D eigenvalue weighted by Crippen LogP contribution is 2.26. The average molecular weight is 1220 g/mol. The van der Waals surface area contributed by atoms with E-state index in [1.807, 2.05) is 48.5 Å². The summed E-state index contributed by atoms with van der Waals surface area (Å²) in [5.41, 5.74) is 37.2. The molecule has 0 aliphatic carbocycles. The summed E-state index contributed by atoms with van der Waals surface area (Å²) in [6, 6.07) is 47.6. The maximum atomic E-state index is 12.4. The van der Waals surface area contributed by atoms with E-state index in [1.54, 1.807) is 123 Å². The van der Waals surface area contributed by atoms with Crippen LogP contribution in [-0.4, -0.2) is 117 Å². The van der Waals surface area contributed by atoms with E-state index >= 15 is 0 Å². The van der Waals surface area contributed by atoms with Crippen molar-refractivity contribution in [1.82, 2.24) is 10.2 Å². The smallest absolute Gasteiger partial charge is 0.343 e. The molecule has 0 saturated heterocycles. The van der Waals surface area contributed by atoms with Crippen LogP contribution in [0.4, 0.5) is 17.1 Å². The number of amides is 1. The molecule has 0 spiro atoms. The van der Waals surface area contributed by atoms with Crippen LogP contribution in [0.2, 0.25) is 0 Å². The number of guanidine groups is 3. The second kappa shape index (κ2) is 30.7. The van der Waals surface area contributed by atoms with Crippen molar-refractivity contribution in [1.29, 1.82) is 10.8 Å². The van der Waals surface area contributed by atoms with Gasteiger partial charge in [-0.25, -0.2) is 24.4 Å². The number of amidine groups is 2. The van der Waals surface area contributed by atoms with Gasteiger partial charge in [-0.3, -0.25) is 30.0 Å². The Morgan fingerprint density at radius 2 is 0.977 bits per heavy atom. The van der Waals surface area contributed by atoms with Crippen molar-refractivity contribution < 1.29 is 55.9 Å². The van der Waals surface area contributed by atoms with Crippen molar-refractivity contribution in [2.24, 2.45) is 49.4 Å². The van der Waals surface area contributed by atoms with Crippen LogP contribution in [0.3, 0.4) is 0 Å². The third-order valence-corrected chi connectivity index (χ3v) is 11.8. The molecule has 0 aromatic heterocycles. The number of rotatable bonds is 15. The minimum absolute atomic E-state index is 0.00609. The summed E-state index contributed by atoms with van der Waals surface area (Å²) < 4.78 is 47.0. The molecule has 26 nitrogen and oxygen atoms in total. The number of aliphatic imine (C=N–C) groups is 3. The molecule has 0 saturated carbocycles. The van der Waals surface area contributed by atoms with Gasteiger partial charge >= 0.3 is 23.9 Å². The molecule has 8 aromatic rings. The zero-order valence-electron chi connectivity index (χ0n) is 47.6. The summed E-state index contributed by atoms with van der Waals surface area (Å²) in [6.07, 6.45) is 0.659. The molecule has 88 heavy (non-hydrogen) atoms. The molecule has 0 bridgehead atoms. The molecule has 454 valence electrons. The molecule has 0 atom stereocenters. The Kier molecular flexibility index (Phi) is 22.9. The minimum atomic E-state index is -3.67. The molecule has 0 unspecified atom stereocenters. The van der Waals surface area contributed by atoms with Crippen LogP contribution in [-0.2, 0) is 30.9 Å². The second-order valence-electron chi connectivity index (χ2n) is 19.0. The van der Waals surface area contributed by atoms with Gasteiger partial charge in [-0.05, 0) is 148 Å². The number of anilines is 1. The van der Waals surface area contributed by atoms with Gasteiger partial charge in [0.2, 0.25) is 0 Å². The Balaban J connectivity index is 0.000000203. The highest BCUT2D eigenvalue weighted by atomic mass is 32.2. The van der Waals surface area contributed by atoms with Crippen LogP contribution in [0, 0.1) is 10.8 Å². The van der Waals surface area contributed by atoms with Gasteiger partial charge in [-0.1, -0.05) is 48.5 Å². The highest BCUT2D eigenvalue weighted by Gasteiger charge is 2.15. The van der Waals surface area contributed by atoms with Crippen LogP contribution >= 0.6 is 0 Å². The number of nitrogen functional groups attached to an aromatic ring is 2. The first-order valence-corrected chi connectivity index (χ1v) is 27.9. The summed E-state index contributed by atoms with van der Waals surface area (Å²) in [7, 11) is -0.523. The van der Waals surface area contributed by atoms with Gasteiger partial charge in [0.25, 0.3) is 16.0 Å². The predicted octanol–water partition coefficient (Wildman–Crippen LogP) is 5.45. The first kappa shape index (κ1) is 65.4. The van der Waals surface area contributed by atoms with Crippen molar-refractivity contribution in [2.45, 2.75) is 6.42 Å². The second-order valence-corrected chi connectivity index (χ2v) is 20.4. The quantitative estimate of drug-likeness (QED) is 0.0200. The number of hydrogen-bond acceptors (Lipinski definition) is 18. The Hall–Kier alpha value is -11.7. The summed E-state index contributed by atoms with van der Waals surface area (Å²) in [4.78, 5) is 73.7. The number of nitrogens with zero attached hydrogens (tertiary/aromatic N) is 4. The Morgan fingerprint density at radius 1 is 0.580 bits per heavy atom. The number of nitrogens with one attached hydrogen (secondary N) is 4. The summed E-state index contributed by atoms with van der Waals surface area (Å²) >= 11 is 0. The molecule has 8 aromatic carbocycles. The van der Waals surface area contributed by atoms with Crippen LogP contribution in [0.25, 0.3) is 21.5 Å². The van der Waals surface area contributed by atoms with Crippen molar-refractivity contribution in [2.75, 3.05) is 45.4 Å². The maximum absolute atomic E-state index is 12.4. The molecule has 1 amide bonds. The molecule has 0 radical (unpaired) electrons. The van der Waals surface area contributed by atoms with E-state index in [0.29, 0.717) is 62.5 Å². The van der Waals surface area contributed by atoms with Crippen LogP contribution in [0.5, 0.6) is 17.2 Å². The number of carbonyl (C=O) groups is 5. The van der Waals surface area contributed by atoms with Crippen molar-refractivity contribution >= 4 is 108 Å². The van der Waals surface area contributed by atoms with E-state index in [4.69, 9.17) is 68.7 Å². The molecule has 27 heteroatoms. The van der Waals surface area contributed by atoms with Gasteiger partial charge in [0, 0.05) is 37.5 Å². The third-order valence-electron chi connectivity index (χ3n) is 11.8. The van der Waals surface area contributed by atoms with Gasteiger partial charge in [0.15, 0.2) is 24.5 Å². The molecular formula is C61H62N14O12S. The molecule has 1 aliphatic heterocycles. The monoisotopic (exact) mass is 1210 g/mol. The van der Waals surface area contributed by atoms with Gasteiger partial charge in [-0.15, -0.1) is 0 Å². The molecular weight excluding hydrogens is 1150 g/mol. The van der Waals surface area contributed by atoms with Crippen molar-refractivity contribution in [3.05, 3.63) is 203 Å². The van der Waals surface area contributed by atoms with Gasteiger partial charge in [-0.2, -0.15) is 8.42 Å². The lowest BCUT2D eigenvalue weighted by atomic mass is 10.1. The number of hydrogen-bond donors (Lipinski definition) is 11. The standard InChI is InChI=1S/C21H19N5O2.C20H22N4O5.C19H17N5O2.CH4O3S/c22-19(23)16-2-1-15-12-18(8-5-14(15)11-16)28-20(27)13-3-6-17(7-4-13)26-21-24-9-10-25-21;1-24(2)17(25)12-28-18(26)11-13-4-3-5-16(10-13)29-19(27)14-6-8-15(9-7-14)23-20(21)22;20-17(21)14-2-1-13-10-16(8-5-12(13)9-14)26-18(25)11-3-6-15(7-4-11)24-19(22)23;1-5(2,3)4/h1-8,11-12H,9-10H2,(H3,22,23)(H2,24,25,26);3-10H,11-12H2,1-2H3,(H4,21,22,23);1-10H,(H3,20,21)(H4,22,23,24);1H3,(H,2,3,4). The fraction of sp³-hybridized carbons (Fsp3) is 0.115. The summed E-state index contributed by atoms with van der Waals surface area (Å²) in [5.74, 6) is -0.570. The number of esters is 4. The first-order chi connectivity index (χ1) is 41.7. The van der Waals surface area contributed by atoms with E-state index in [1.165, 1.54) is 17.0 Å². The van der Waals surface area contributed by atoms with Crippen molar-refractivity contribution in [3.8, 4) is 17.2 Å².